The highest BCUT2D eigenvalue weighted by molar-refractivity contribution is 6.18. The van der Waals surface area contributed by atoms with Crippen molar-refractivity contribution >= 4 is 38.6 Å². The molecule has 30 heavy (non-hydrogen) atoms. The number of hydrogen-bond acceptors (Lipinski definition) is 3. The molecule has 4 aromatic carbocycles. The van der Waals surface area contributed by atoms with E-state index in [4.69, 9.17) is 9.73 Å². The van der Waals surface area contributed by atoms with Crippen molar-refractivity contribution in [3.8, 4) is 5.75 Å². The number of hydrogen-bond donors (Lipinski definition) is 0. The van der Waals surface area contributed by atoms with Gasteiger partial charge in [-0.05, 0) is 43.2 Å². The van der Waals surface area contributed by atoms with Crippen LogP contribution in [-0.2, 0) is 5.41 Å². The fraction of sp³-hybridized carbons (Fsp3) is 0.222. The second kappa shape index (κ2) is 5.63. The molecule has 3 nitrogen and oxygen atoms in total. The van der Waals surface area contributed by atoms with Crippen LogP contribution in [0.15, 0.2) is 77.8 Å². The number of aliphatic imine (C=N–C) groups is 1. The summed E-state index contributed by atoms with van der Waals surface area (Å²) in [7, 11) is 2.13. The van der Waals surface area contributed by atoms with Gasteiger partial charge in [-0.2, -0.15) is 0 Å². The van der Waals surface area contributed by atoms with E-state index in [9.17, 15) is 0 Å². The highest BCUT2D eigenvalue weighted by atomic mass is 16.5. The SMILES string of the molecule is CC1=Nc2c(c3ccccc3c3ccccc23)O[C@]12N(C)c1ccccc1C2(C)C. The van der Waals surface area contributed by atoms with Gasteiger partial charge in [0.05, 0.1) is 11.1 Å². The minimum absolute atomic E-state index is 0.267. The predicted molar refractivity (Wildman–Crippen MR) is 125 cm³/mol. The number of rotatable bonds is 0. The first kappa shape index (κ1) is 17.5. The number of likely N-dealkylation sites (N-methyl/N-ethyl adjacent to an activating group) is 1. The second-order valence-corrected chi connectivity index (χ2v) is 8.91. The Kier molecular flexibility index (Phi) is 3.29. The molecule has 0 aromatic heterocycles. The molecular formula is C27H24N2O. The van der Waals surface area contributed by atoms with Gasteiger partial charge in [0.1, 0.15) is 5.69 Å². The van der Waals surface area contributed by atoms with E-state index in [2.05, 4.69) is 106 Å². The van der Waals surface area contributed by atoms with Crippen LogP contribution in [0.25, 0.3) is 21.5 Å². The van der Waals surface area contributed by atoms with Crippen molar-refractivity contribution in [2.24, 2.45) is 4.99 Å². The Morgan fingerprint density at radius 3 is 2.03 bits per heavy atom. The molecule has 4 aromatic rings. The molecule has 0 aliphatic carbocycles. The van der Waals surface area contributed by atoms with Crippen molar-refractivity contribution in [2.45, 2.75) is 31.9 Å². The van der Waals surface area contributed by atoms with Gasteiger partial charge in [-0.3, -0.25) is 0 Å². The van der Waals surface area contributed by atoms with Crippen LogP contribution in [0.2, 0.25) is 0 Å². The zero-order valence-corrected chi connectivity index (χ0v) is 17.7. The Morgan fingerprint density at radius 2 is 1.33 bits per heavy atom. The minimum Gasteiger partial charge on any atom is -0.459 e. The standard InChI is InChI=1S/C27H24N2O/c1-17-27(26(2,3)22-15-9-10-16-23(22)29(27)4)30-25-21-14-8-6-12-19(21)18-11-5-7-13-20(18)24(25)28-17/h5-16H,1-4H3/t27-/m1/s1. The molecule has 0 saturated heterocycles. The summed E-state index contributed by atoms with van der Waals surface area (Å²) in [5.74, 6) is 0.877. The van der Waals surface area contributed by atoms with Crippen LogP contribution < -0.4 is 9.64 Å². The van der Waals surface area contributed by atoms with E-state index in [1.54, 1.807) is 0 Å². The van der Waals surface area contributed by atoms with Crippen LogP contribution in [0.5, 0.6) is 5.75 Å². The molecule has 6 rings (SSSR count). The molecule has 148 valence electrons. The average Bonchev–Trinajstić information content (AvgIpc) is 2.94. The number of ether oxygens (including phenoxy) is 1. The summed E-state index contributed by atoms with van der Waals surface area (Å²) in [6, 6.07) is 25.6. The summed E-state index contributed by atoms with van der Waals surface area (Å²) in [6.07, 6.45) is 0. The molecule has 0 amide bonds. The van der Waals surface area contributed by atoms with Crippen molar-refractivity contribution in [1.82, 2.24) is 0 Å². The van der Waals surface area contributed by atoms with Crippen LogP contribution in [0, 0.1) is 0 Å². The summed E-state index contributed by atoms with van der Waals surface area (Å²) in [4.78, 5) is 7.51. The lowest BCUT2D eigenvalue weighted by molar-refractivity contribution is 0.0786. The summed E-state index contributed by atoms with van der Waals surface area (Å²) in [6.45, 7) is 6.64. The maximum absolute atomic E-state index is 7.12. The quantitative estimate of drug-likeness (QED) is 0.315. The number of benzene rings is 4. The molecular weight excluding hydrogens is 368 g/mol. The lowest BCUT2D eigenvalue weighted by Crippen LogP contribution is -2.64. The number of fused-ring (bicyclic) bond motifs is 7. The Morgan fingerprint density at radius 1 is 0.767 bits per heavy atom. The van der Waals surface area contributed by atoms with Gasteiger partial charge in [0.25, 0.3) is 0 Å². The molecule has 2 aliphatic rings. The number of anilines is 1. The molecule has 0 N–H and O–H groups in total. The molecule has 0 bridgehead atoms. The first-order chi connectivity index (χ1) is 14.5. The van der Waals surface area contributed by atoms with E-state index in [0.717, 1.165) is 27.9 Å². The van der Waals surface area contributed by atoms with Gasteiger partial charge in [0, 0.05) is 23.5 Å². The largest absolute Gasteiger partial charge is 0.459 e. The lowest BCUT2D eigenvalue weighted by atomic mass is 9.75. The highest BCUT2D eigenvalue weighted by Gasteiger charge is 2.61. The molecule has 0 radical (unpaired) electrons. The van der Waals surface area contributed by atoms with Crippen molar-refractivity contribution in [3.63, 3.8) is 0 Å². The number of nitrogens with zero attached hydrogens (tertiary/aromatic N) is 2. The summed E-state index contributed by atoms with van der Waals surface area (Å²) in [5, 5.41) is 4.66. The first-order valence-corrected chi connectivity index (χ1v) is 10.5. The summed E-state index contributed by atoms with van der Waals surface area (Å²) < 4.78 is 7.12. The minimum atomic E-state index is -0.672. The smallest absolute Gasteiger partial charge is 0.231 e. The zero-order chi connectivity index (χ0) is 20.7. The molecule has 2 heterocycles. The third-order valence-electron chi connectivity index (χ3n) is 7.14. The van der Waals surface area contributed by atoms with E-state index in [-0.39, 0.29) is 5.41 Å². The van der Waals surface area contributed by atoms with Crippen LogP contribution in [0.4, 0.5) is 11.4 Å². The molecule has 1 spiro atoms. The lowest BCUT2D eigenvalue weighted by Gasteiger charge is -2.48. The van der Waals surface area contributed by atoms with E-state index in [1.165, 1.54) is 22.0 Å². The Balaban J connectivity index is 1.71. The van der Waals surface area contributed by atoms with E-state index in [0.29, 0.717) is 0 Å². The van der Waals surface area contributed by atoms with Crippen molar-refractivity contribution in [2.75, 3.05) is 11.9 Å². The van der Waals surface area contributed by atoms with Crippen molar-refractivity contribution in [3.05, 3.63) is 78.4 Å². The van der Waals surface area contributed by atoms with Crippen molar-refractivity contribution in [1.29, 1.82) is 0 Å². The molecule has 0 fully saturated rings. The summed E-state index contributed by atoms with van der Waals surface area (Å²) >= 11 is 0. The Hall–Kier alpha value is -3.33. The van der Waals surface area contributed by atoms with E-state index >= 15 is 0 Å². The zero-order valence-electron chi connectivity index (χ0n) is 17.7. The topological polar surface area (TPSA) is 24.8 Å². The summed E-state index contributed by atoms with van der Waals surface area (Å²) in [5.41, 5.74) is 3.47. The molecule has 0 unspecified atom stereocenters. The van der Waals surface area contributed by atoms with Gasteiger partial charge in [-0.1, -0.05) is 66.7 Å². The second-order valence-electron chi connectivity index (χ2n) is 8.91. The molecule has 1 atom stereocenters. The molecule has 3 heteroatoms. The number of para-hydroxylation sites is 1. The monoisotopic (exact) mass is 392 g/mol. The van der Waals surface area contributed by atoms with Gasteiger partial charge in [0.15, 0.2) is 5.75 Å². The van der Waals surface area contributed by atoms with Gasteiger partial charge in [0.2, 0.25) is 5.72 Å². The van der Waals surface area contributed by atoms with Crippen LogP contribution in [0.3, 0.4) is 0 Å². The van der Waals surface area contributed by atoms with Gasteiger partial charge < -0.3 is 9.64 Å². The van der Waals surface area contributed by atoms with E-state index in [1.807, 2.05) is 0 Å². The third kappa shape index (κ3) is 1.88. The maximum atomic E-state index is 7.12. The van der Waals surface area contributed by atoms with Crippen LogP contribution in [-0.4, -0.2) is 18.5 Å². The van der Waals surface area contributed by atoms with Crippen LogP contribution in [0.1, 0.15) is 26.3 Å². The van der Waals surface area contributed by atoms with Crippen molar-refractivity contribution < 1.29 is 4.74 Å². The first-order valence-electron chi connectivity index (χ1n) is 10.5. The maximum Gasteiger partial charge on any atom is 0.231 e. The normalized spacial score (nSPS) is 21.5. The van der Waals surface area contributed by atoms with Gasteiger partial charge in [-0.25, -0.2) is 4.99 Å². The Labute approximate surface area is 176 Å². The van der Waals surface area contributed by atoms with Gasteiger partial charge >= 0.3 is 0 Å². The molecule has 0 saturated carbocycles. The predicted octanol–water partition coefficient (Wildman–Crippen LogP) is 6.60. The highest BCUT2D eigenvalue weighted by Crippen LogP contribution is 2.57. The van der Waals surface area contributed by atoms with Gasteiger partial charge in [-0.15, -0.1) is 0 Å². The fourth-order valence-electron chi connectivity index (χ4n) is 5.73. The fourth-order valence-corrected chi connectivity index (χ4v) is 5.73. The molecule has 2 aliphatic heterocycles. The third-order valence-corrected chi connectivity index (χ3v) is 7.14. The Bertz CT molecular complexity index is 1380. The van der Waals surface area contributed by atoms with Crippen LogP contribution >= 0.6 is 0 Å². The van der Waals surface area contributed by atoms with E-state index < -0.39 is 5.72 Å². The average molecular weight is 393 g/mol.